The van der Waals surface area contributed by atoms with Crippen LogP contribution in [0.5, 0.6) is 11.5 Å². The molecule has 2 fully saturated rings. The number of methoxy groups -OCH3 is 2. The first-order valence-corrected chi connectivity index (χ1v) is 9.73. The van der Waals surface area contributed by atoms with Crippen LogP contribution < -0.4 is 9.47 Å². The topological polar surface area (TPSA) is 94.0 Å². The van der Waals surface area contributed by atoms with Crippen molar-refractivity contribution in [1.29, 1.82) is 0 Å². The fourth-order valence-corrected chi connectivity index (χ4v) is 3.71. The second-order valence-electron chi connectivity index (χ2n) is 7.25. The van der Waals surface area contributed by atoms with E-state index in [2.05, 4.69) is 9.97 Å². The zero-order chi connectivity index (χ0) is 20.4. The van der Waals surface area contributed by atoms with E-state index in [0.717, 1.165) is 24.2 Å². The molecular formula is C21H25N3O5. The third kappa shape index (κ3) is 3.90. The zero-order valence-corrected chi connectivity index (χ0v) is 16.6. The average molecular weight is 399 g/mol. The quantitative estimate of drug-likeness (QED) is 0.793. The van der Waals surface area contributed by atoms with Gasteiger partial charge in [0.25, 0.3) is 5.91 Å². The van der Waals surface area contributed by atoms with Gasteiger partial charge in [-0.15, -0.1) is 0 Å². The molecule has 0 spiro atoms. The fourth-order valence-electron chi connectivity index (χ4n) is 3.71. The minimum atomic E-state index is -0.544. The van der Waals surface area contributed by atoms with E-state index in [0.29, 0.717) is 36.1 Å². The van der Waals surface area contributed by atoms with Crippen LogP contribution in [0.15, 0.2) is 30.6 Å². The van der Waals surface area contributed by atoms with Crippen LogP contribution in [0.3, 0.4) is 0 Å². The molecule has 1 aromatic heterocycles. The van der Waals surface area contributed by atoms with Crippen molar-refractivity contribution in [1.82, 2.24) is 14.9 Å². The number of nitrogens with zero attached hydrogens (tertiary/aromatic N) is 3. The maximum atomic E-state index is 13.3. The van der Waals surface area contributed by atoms with Crippen LogP contribution in [-0.4, -0.2) is 66.0 Å². The lowest BCUT2D eigenvalue weighted by molar-refractivity contribution is -0.0812. The van der Waals surface area contributed by atoms with Gasteiger partial charge in [-0.1, -0.05) is 6.07 Å². The first kappa shape index (κ1) is 19.6. The zero-order valence-electron chi connectivity index (χ0n) is 16.6. The van der Waals surface area contributed by atoms with E-state index in [1.54, 1.807) is 37.6 Å². The second kappa shape index (κ2) is 8.34. The van der Waals surface area contributed by atoms with Crippen molar-refractivity contribution in [2.45, 2.75) is 30.9 Å². The third-order valence-corrected chi connectivity index (χ3v) is 5.40. The number of aliphatic hydroxyl groups excluding tert-OH is 1. The van der Waals surface area contributed by atoms with Gasteiger partial charge in [0.2, 0.25) is 0 Å². The number of benzene rings is 1. The van der Waals surface area contributed by atoms with E-state index in [9.17, 15) is 9.90 Å². The molecule has 1 saturated heterocycles. The smallest absolute Gasteiger partial charge is 0.257 e. The molecular weight excluding hydrogens is 374 g/mol. The van der Waals surface area contributed by atoms with Crippen LogP contribution >= 0.6 is 0 Å². The van der Waals surface area contributed by atoms with Gasteiger partial charge in [0.15, 0.2) is 11.5 Å². The van der Waals surface area contributed by atoms with Crippen LogP contribution in [0.4, 0.5) is 0 Å². The summed E-state index contributed by atoms with van der Waals surface area (Å²) in [7, 11) is 3.13. The number of aromatic nitrogens is 2. The molecule has 1 N–H and O–H groups in total. The van der Waals surface area contributed by atoms with Crippen LogP contribution in [-0.2, 0) is 4.74 Å². The Hall–Kier alpha value is -2.71. The Morgan fingerprint density at radius 1 is 1.21 bits per heavy atom. The molecule has 2 aromatic rings. The molecule has 8 nitrogen and oxygen atoms in total. The first-order valence-electron chi connectivity index (χ1n) is 9.73. The molecule has 0 unspecified atom stereocenters. The summed E-state index contributed by atoms with van der Waals surface area (Å²) in [6.07, 6.45) is 4.86. The van der Waals surface area contributed by atoms with E-state index >= 15 is 0 Å². The summed E-state index contributed by atoms with van der Waals surface area (Å²) >= 11 is 0. The van der Waals surface area contributed by atoms with Gasteiger partial charge in [-0.25, -0.2) is 9.97 Å². The fraction of sp³-hybridized carbons (Fsp3) is 0.476. The van der Waals surface area contributed by atoms with E-state index < -0.39 is 12.1 Å². The van der Waals surface area contributed by atoms with E-state index in [1.165, 1.54) is 0 Å². The van der Waals surface area contributed by atoms with Crippen molar-refractivity contribution in [3.63, 3.8) is 0 Å². The summed E-state index contributed by atoms with van der Waals surface area (Å²) in [6.45, 7) is 0.542. The largest absolute Gasteiger partial charge is 0.493 e. The molecule has 1 aromatic carbocycles. The van der Waals surface area contributed by atoms with E-state index in [1.807, 2.05) is 12.1 Å². The third-order valence-electron chi connectivity index (χ3n) is 5.40. The van der Waals surface area contributed by atoms with Crippen molar-refractivity contribution in [2.75, 3.05) is 34.0 Å². The van der Waals surface area contributed by atoms with Crippen LogP contribution in [0, 0.1) is 0 Å². The molecule has 4 rings (SSSR count). The Kier molecular flexibility index (Phi) is 5.64. The molecule has 0 bridgehead atoms. The summed E-state index contributed by atoms with van der Waals surface area (Å²) in [4.78, 5) is 23.7. The molecule has 29 heavy (non-hydrogen) atoms. The Balaban J connectivity index is 1.65. The lowest BCUT2D eigenvalue weighted by atomic mass is 9.97. The molecule has 2 aliphatic rings. The van der Waals surface area contributed by atoms with Gasteiger partial charge >= 0.3 is 0 Å². The first-order chi connectivity index (χ1) is 14.2. The molecule has 1 aliphatic heterocycles. The van der Waals surface area contributed by atoms with Gasteiger partial charge in [-0.05, 0) is 30.5 Å². The normalized spacial score (nSPS) is 21.7. The van der Waals surface area contributed by atoms with Crippen LogP contribution in [0.2, 0.25) is 0 Å². The van der Waals surface area contributed by atoms with Crippen molar-refractivity contribution in [3.05, 3.63) is 47.5 Å². The number of aliphatic hydroxyl groups is 1. The highest BCUT2D eigenvalue weighted by Gasteiger charge is 2.37. The van der Waals surface area contributed by atoms with E-state index in [-0.39, 0.29) is 12.5 Å². The van der Waals surface area contributed by atoms with Gasteiger partial charge < -0.3 is 24.2 Å². The Morgan fingerprint density at radius 3 is 2.55 bits per heavy atom. The molecule has 2 heterocycles. The minimum absolute atomic E-state index is 0.186. The van der Waals surface area contributed by atoms with Crippen molar-refractivity contribution >= 4 is 5.91 Å². The standard InChI is InChI=1S/C21H25N3O5/c1-27-16-6-5-14(9-17(16)28-2)19-18(12-25)29-8-7-24(19)21(26)15-10-22-20(23-11-15)13-3-4-13/h5-6,9-11,13,18-19,25H,3-4,7-8,12H2,1-2H3/t18-,19-/m0/s1. The summed E-state index contributed by atoms with van der Waals surface area (Å²) in [5.41, 5.74) is 1.23. The Labute approximate surface area is 169 Å². The number of carbonyl (C=O) groups excluding carboxylic acids is 1. The number of hydrogen-bond donors (Lipinski definition) is 1. The van der Waals surface area contributed by atoms with Gasteiger partial charge in [-0.3, -0.25) is 4.79 Å². The van der Waals surface area contributed by atoms with Gasteiger partial charge in [-0.2, -0.15) is 0 Å². The summed E-state index contributed by atoms with van der Waals surface area (Å²) in [5, 5.41) is 9.88. The van der Waals surface area contributed by atoms with Gasteiger partial charge in [0.1, 0.15) is 11.9 Å². The summed E-state index contributed by atoms with van der Waals surface area (Å²) < 4.78 is 16.5. The summed E-state index contributed by atoms with van der Waals surface area (Å²) in [6, 6.07) is 4.99. The van der Waals surface area contributed by atoms with Crippen molar-refractivity contribution < 1.29 is 24.1 Å². The molecule has 1 aliphatic carbocycles. The number of morpholine rings is 1. The Morgan fingerprint density at radius 2 is 1.93 bits per heavy atom. The number of ether oxygens (including phenoxy) is 3. The second-order valence-corrected chi connectivity index (χ2v) is 7.25. The molecule has 1 amide bonds. The monoisotopic (exact) mass is 399 g/mol. The van der Waals surface area contributed by atoms with Gasteiger partial charge in [0.05, 0.1) is 39.0 Å². The number of amides is 1. The summed E-state index contributed by atoms with van der Waals surface area (Å²) in [5.74, 6) is 2.19. The lowest BCUT2D eigenvalue weighted by Gasteiger charge is -2.41. The SMILES string of the molecule is COc1ccc([C@H]2[C@H](CO)OCCN2C(=O)c2cnc(C3CC3)nc2)cc1OC. The lowest BCUT2D eigenvalue weighted by Crippen LogP contribution is -2.49. The van der Waals surface area contributed by atoms with Crippen LogP contribution in [0.1, 0.15) is 46.5 Å². The Bertz CT molecular complexity index is 869. The van der Waals surface area contributed by atoms with Crippen molar-refractivity contribution in [3.8, 4) is 11.5 Å². The number of carbonyl (C=O) groups is 1. The molecule has 1 saturated carbocycles. The molecule has 154 valence electrons. The maximum Gasteiger partial charge on any atom is 0.257 e. The average Bonchev–Trinajstić information content (AvgIpc) is 3.63. The minimum Gasteiger partial charge on any atom is -0.493 e. The highest BCUT2D eigenvalue weighted by atomic mass is 16.5. The van der Waals surface area contributed by atoms with Crippen LogP contribution in [0.25, 0.3) is 0 Å². The number of hydrogen-bond acceptors (Lipinski definition) is 7. The van der Waals surface area contributed by atoms with E-state index in [4.69, 9.17) is 14.2 Å². The predicted molar refractivity (Wildman–Crippen MR) is 104 cm³/mol. The van der Waals surface area contributed by atoms with Crippen molar-refractivity contribution in [2.24, 2.45) is 0 Å². The molecule has 0 radical (unpaired) electrons. The maximum absolute atomic E-state index is 13.3. The predicted octanol–water partition coefficient (Wildman–Crippen LogP) is 1.95. The number of rotatable bonds is 6. The van der Waals surface area contributed by atoms with Gasteiger partial charge in [0, 0.05) is 24.9 Å². The highest BCUT2D eigenvalue weighted by molar-refractivity contribution is 5.94. The molecule has 8 heteroatoms. The molecule has 2 atom stereocenters. The highest BCUT2D eigenvalue weighted by Crippen LogP contribution is 2.38.